The maximum absolute atomic E-state index is 12.4. The minimum Gasteiger partial charge on any atom is -0.365 e. The molecule has 4 rings (SSSR count). The lowest BCUT2D eigenvalue weighted by atomic mass is 10.3. The number of primary amides is 1. The van der Waals surface area contributed by atoms with E-state index >= 15 is 0 Å². The SMILES string of the molecule is NC(=O)c1ccc(-c2cnn(CC(=O)Nc3ccnn3-c3ccccc3)c2)s1. The van der Waals surface area contributed by atoms with Gasteiger partial charge in [-0.15, -0.1) is 11.3 Å². The molecular formula is C19H16N6O2S. The summed E-state index contributed by atoms with van der Waals surface area (Å²) in [6, 6.07) is 14.8. The molecule has 0 saturated carbocycles. The third-order valence-corrected chi connectivity index (χ3v) is 5.13. The van der Waals surface area contributed by atoms with Crippen molar-refractivity contribution >= 4 is 29.0 Å². The molecule has 3 heterocycles. The van der Waals surface area contributed by atoms with E-state index < -0.39 is 5.91 Å². The summed E-state index contributed by atoms with van der Waals surface area (Å²) in [5, 5.41) is 11.3. The maximum atomic E-state index is 12.4. The number of carbonyl (C=O) groups is 2. The number of nitrogens with two attached hydrogens (primary N) is 1. The van der Waals surface area contributed by atoms with E-state index in [0.29, 0.717) is 10.7 Å². The molecule has 0 radical (unpaired) electrons. The first kappa shape index (κ1) is 17.7. The highest BCUT2D eigenvalue weighted by atomic mass is 32.1. The van der Waals surface area contributed by atoms with Crippen LogP contribution in [0.25, 0.3) is 16.1 Å². The summed E-state index contributed by atoms with van der Waals surface area (Å²) in [6.07, 6.45) is 5.03. The van der Waals surface area contributed by atoms with Gasteiger partial charge >= 0.3 is 0 Å². The number of nitrogens with one attached hydrogen (secondary N) is 1. The van der Waals surface area contributed by atoms with Crippen LogP contribution in [-0.4, -0.2) is 31.4 Å². The molecule has 9 heteroatoms. The van der Waals surface area contributed by atoms with Crippen LogP contribution < -0.4 is 11.1 Å². The summed E-state index contributed by atoms with van der Waals surface area (Å²) >= 11 is 1.29. The summed E-state index contributed by atoms with van der Waals surface area (Å²) in [6.45, 7) is 0.0496. The number of amides is 2. The first-order valence-electron chi connectivity index (χ1n) is 8.42. The third-order valence-electron chi connectivity index (χ3n) is 3.98. The van der Waals surface area contributed by atoms with E-state index in [2.05, 4.69) is 15.5 Å². The Morgan fingerprint density at radius 1 is 1.07 bits per heavy atom. The van der Waals surface area contributed by atoms with Crippen LogP contribution in [0.1, 0.15) is 9.67 Å². The van der Waals surface area contributed by atoms with E-state index in [9.17, 15) is 9.59 Å². The predicted molar refractivity (Wildman–Crippen MR) is 106 cm³/mol. The summed E-state index contributed by atoms with van der Waals surface area (Å²) in [5.74, 6) is -0.109. The van der Waals surface area contributed by atoms with Gasteiger partial charge in [0.05, 0.1) is 23.0 Å². The average molecular weight is 392 g/mol. The Balaban J connectivity index is 1.45. The summed E-state index contributed by atoms with van der Waals surface area (Å²) in [7, 11) is 0. The Morgan fingerprint density at radius 3 is 2.64 bits per heavy atom. The molecule has 28 heavy (non-hydrogen) atoms. The van der Waals surface area contributed by atoms with Crippen LogP contribution in [0.3, 0.4) is 0 Å². The maximum Gasteiger partial charge on any atom is 0.258 e. The first-order valence-corrected chi connectivity index (χ1v) is 9.23. The van der Waals surface area contributed by atoms with E-state index in [4.69, 9.17) is 5.73 Å². The molecule has 3 N–H and O–H groups in total. The van der Waals surface area contributed by atoms with Gasteiger partial charge in [0.25, 0.3) is 5.91 Å². The van der Waals surface area contributed by atoms with Gasteiger partial charge in [0, 0.05) is 22.7 Å². The molecule has 4 aromatic rings. The van der Waals surface area contributed by atoms with Crippen LogP contribution in [0, 0.1) is 0 Å². The number of hydrogen-bond donors (Lipinski definition) is 2. The molecule has 140 valence electrons. The predicted octanol–water partition coefficient (Wildman–Crippen LogP) is 2.53. The van der Waals surface area contributed by atoms with Crippen molar-refractivity contribution in [2.24, 2.45) is 5.73 Å². The molecule has 0 saturated heterocycles. The summed E-state index contributed by atoms with van der Waals surface area (Å²) < 4.78 is 3.20. The Kier molecular flexibility index (Phi) is 4.73. The summed E-state index contributed by atoms with van der Waals surface area (Å²) in [4.78, 5) is 25.0. The third kappa shape index (κ3) is 3.69. The van der Waals surface area contributed by atoms with Crippen molar-refractivity contribution in [1.82, 2.24) is 19.6 Å². The van der Waals surface area contributed by atoms with Crippen molar-refractivity contribution in [2.75, 3.05) is 5.32 Å². The minimum atomic E-state index is -0.460. The van der Waals surface area contributed by atoms with Crippen molar-refractivity contribution in [3.8, 4) is 16.1 Å². The zero-order chi connectivity index (χ0) is 19.5. The zero-order valence-corrected chi connectivity index (χ0v) is 15.5. The van der Waals surface area contributed by atoms with Crippen LogP contribution in [0.15, 0.2) is 67.1 Å². The van der Waals surface area contributed by atoms with Crippen LogP contribution in [0.4, 0.5) is 5.82 Å². The number of rotatable bonds is 6. The monoisotopic (exact) mass is 392 g/mol. The van der Waals surface area contributed by atoms with Crippen LogP contribution in [-0.2, 0) is 11.3 Å². The van der Waals surface area contributed by atoms with Gasteiger partial charge in [0.15, 0.2) is 0 Å². The standard InChI is InChI=1S/C19H16N6O2S/c20-19(27)16-7-6-15(28-16)13-10-22-24(11-13)12-18(26)23-17-8-9-21-25(17)14-4-2-1-3-5-14/h1-11H,12H2,(H2,20,27)(H,23,26). The van der Waals surface area contributed by atoms with Crippen molar-refractivity contribution in [3.05, 3.63) is 72.0 Å². The van der Waals surface area contributed by atoms with Gasteiger partial charge in [-0.25, -0.2) is 4.68 Å². The van der Waals surface area contributed by atoms with E-state index in [1.165, 1.54) is 16.0 Å². The van der Waals surface area contributed by atoms with Crippen molar-refractivity contribution in [3.63, 3.8) is 0 Å². The van der Waals surface area contributed by atoms with Gasteiger partial charge in [-0.3, -0.25) is 14.3 Å². The molecule has 0 aliphatic carbocycles. The fourth-order valence-corrected chi connectivity index (χ4v) is 3.54. The molecule has 0 aliphatic rings. The van der Waals surface area contributed by atoms with Crippen LogP contribution >= 0.6 is 11.3 Å². The normalized spacial score (nSPS) is 10.7. The van der Waals surface area contributed by atoms with Crippen molar-refractivity contribution in [2.45, 2.75) is 6.54 Å². The van der Waals surface area contributed by atoms with Gasteiger partial charge in [-0.05, 0) is 24.3 Å². The first-order chi connectivity index (χ1) is 13.6. The molecular weight excluding hydrogens is 376 g/mol. The Bertz CT molecular complexity index is 1130. The largest absolute Gasteiger partial charge is 0.365 e. The molecule has 3 aromatic heterocycles. The lowest BCUT2D eigenvalue weighted by Crippen LogP contribution is -2.20. The van der Waals surface area contributed by atoms with Crippen LogP contribution in [0.5, 0.6) is 0 Å². The highest BCUT2D eigenvalue weighted by molar-refractivity contribution is 7.17. The second kappa shape index (κ2) is 7.49. The van der Waals surface area contributed by atoms with Crippen molar-refractivity contribution < 1.29 is 9.59 Å². The van der Waals surface area contributed by atoms with E-state index in [1.807, 2.05) is 36.4 Å². The quantitative estimate of drug-likeness (QED) is 0.526. The highest BCUT2D eigenvalue weighted by Crippen LogP contribution is 2.27. The molecule has 0 fully saturated rings. The highest BCUT2D eigenvalue weighted by Gasteiger charge is 2.12. The number of anilines is 1. The Morgan fingerprint density at radius 2 is 1.89 bits per heavy atom. The zero-order valence-electron chi connectivity index (χ0n) is 14.6. The molecule has 8 nitrogen and oxygen atoms in total. The molecule has 1 aromatic carbocycles. The van der Waals surface area contributed by atoms with Gasteiger partial charge in [-0.1, -0.05) is 18.2 Å². The van der Waals surface area contributed by atoms with E-state index in [-0.39, 0.29) is 12.5 Å². The molecule has 0 bridgehead atoms. The Hall–Kier alpha value is -3.72. The van der Waals surface area contributed by atoms with Gasteiger partial charge in [0.2, 0.25) is 5.91 Å². The van der Waals surface area contributed by atoms with Crippen molar-refractivity contribution in [1.29, 1.82) is 0 Å². The molecule has 0 spiro atoms. The Labute approximate surface area is 164 Å². The number of benzene rings is 1. The van der Waals surface area contributed by atoms with Gasteiger partial charge in [-0.2, -0.15) is 10.2 Å². The number of aromatic nitrogens is 4. The molecule has 0 unspecified atom stereocenters. The van der Waals surface area contributed by atoms with Crippen LogP contribution in [0.2, 0.25) is 0 Å². The number of hydrogen-bond acceptors (Lipinski definition) is 5. The second-order valence-corrected chi connectivity index (χ2v) is 7.05. The minimum absolute atomic E-state index is 0.0496. The fraction of sp³-hybridized carbons (Fsp3) is 0.0526. The second-order valence-electron chi connectivity index (χ2n) is 5.97. The van der Waals surface area contributed by atoms with Gasteiger partial charge in [0.1, 0.15) is 12.4 Å². The lowest BCUT2D eigenvalue weighted by Gasteiger charge is -2.09. The molecule has 0 atom stereocenters. The number of thiophene rings is 1. The smallest absolute Gasteiger partial charge is 0.258 e. The van der Waals surface area contributed by atoms with E-state index in [0.717, 1.165) is 16.1 Å². The number of carbonyl (C=O) groups excluding carboxylic acids is 2. The number of nitrogens with zero attached hydrogens (tertiary/aromatic N) is 4. The lowest BCUT2D eigenvalue weighted by molar-refractivity contribution is -0.116. The average Bonchev–Trinajstić information content (AvgIpc) is 3.42. The van der Waals surface area contributed by atoms with E-state index in [1.54, 1.807) is 35.4 Å². The topological polar surface area (TPSA) is 108 Å². The fourth-order valence-electron chi connectivity index (χ4n) is 2.71. The van der Waals surface area contributed by atoms with Gasteiger partial charge < -0.3 is 11.1 Å². The molecule has 2 amide bonds. The number of para-hydroxylation sites is 1. The molecule has 0 aliphatic heterocycles. The summed E-state index contributed by atoms with van der Waals surface area (Å²) in [5.41, 5.74) is 6.96.